The second-order valence-electron chi connectivity index (χ2n) is 3.95. The van der Waals surface area contributed by atoms with Crippen molar-refractivity contribution in [3.05, 3.63) is 48.3 Å². The van der Waals surface area contributed by atoms with Gasteiger partial charge in [0.2, 0.25) is 0 Å². The van der Waals surface area contributed by atoms with Crippen molar-refractivity contribution >= 4 is 0 Å². The van der Waals surface area contributed by atoms with Crippen LogP contribution in [0.2, 0.25) is 0 Å². The van der Waals surface area contributed by atoms with Crippen LogP contribution in [0, 0.1) is 0 Å². The third kappa shape index (κ3) is 4.65. The van der Waals surface area contributed by atoms with Crippen molar-refractivity contribution in [2.45, 2.75) is 6.54 Å². The minimum atomic E-state index is 0.354. The molecule has 100 valence electrons. The zero-order valence-corrected chi connectivity index (χ0v) is 10.9. The number of hydrogen-bond donors (Lipinski definition) is 1. The average Bonchev–Trinajstić information content (AvgIpc) is 2.45. The number of ether oxygens (including phenoxy) is 2. The molecule has 0 saturated heterocycles. The number of benzene rings is 1. The second-order valence-corrected chi connectivity index (χ2v) is 3.95. The average molecular weight is 259 g/mol. The first-order valence-corrected chi connectivity index (χ1v) is 6.12. The van der Waals surface area contributed by atoms with Crippen molar-refractivity contribution in [2.24, 2.45) is 0 Å². The van der Waals surface area contributed by atoms with Gasteiger partial charge in [0.25, 0.3) is 0 Å². The lowest BCUT2D eigenvalue weighted by atomic mass is 10.2. The summed E-state index contributed by atoms with van der Waals surface area (Å²) in [4.78, 5) is 8.05. The SMILES string of the molecule is COCCNCc1cccc(Oc2ncccn2)c1. The third-order valence-corrected chi connectivity index (χ3v) is 2.46. The molecular weight excluding hydrogens is 242 g/mol. The van der Waals surface area contributed by atoms with E-state index >= 15 is 0 Å². The molecule has 0 aliphatic carbocycles. The highest BCUT2D eigenvalue weighted by Gasteiger charge is 2.00. The molecule has 5 nitrogen and oxygen atoms in total. The zero-order chi connectivity index (χ0) is 13.3. The van der Waals surface area contributed by atoms with E-state index in [0.29, 0.717) is 12.6 Å². The third-order valence-electron chi connectivity index (χ3n) is 2.46. The van der Waals surface area contributed by atoms with Crippen molar-refractivity contribution < 1.29 is 9.47 Å². The Bertz CT molecular complexity index is 491. The molecule has 0 spiro atoms. The van der Waals surface area contributed by atoms with E-state index in [4.69, 9.17) is 9.47 Å². The van der Waals surface area contributed by atoms with Crippen molar-refractivity contribution in [3.63, 3.8) is 0 Å². The highest BCUT2D eigenvalue weighted by atomic mass is 16.5. The zero-order valence-electron chi connectivity index (χ0n) is 10.9. The number of rotatable bonds is 7. The topological polar surface area (TPSA) is 56.3 Å². The summed E-state index contributed by atoms with van der Waals surface area (Å²) in [5.41, 5.74) is 1.14. The molecular formula is C14H17N3O2. The van der Waals surface area contributed by atoms with E-state index in [0.717, 1.165) is 24.4 Å². The van der Waals surface area contributed by atoms with Crippen LogP contribution in [0.25, 0.3) is 0 Å². The van der Waals surface area contributed by atoms with Gasteiger partial charge in [-0.15, -0.1) is 0 Å². The summed E-state index contributed by atoms with van der Waals surface area (Å²) in [6.45, 7) is 2.30. The van der Waals surface area contributed by atoms with Crippen LogP contribution in [-0.2, 0) is 11.3 Å². The molecule has 1 aromatic heterocycles. The second kappa shape index (κ2) is 7.45. The van der Waals surface area contributed by atoms with E-state index in [1.54, 1.807) is 25.6 Å². The quantitative estimate of drug-likeness (QED) is 0.771. The van der Waals surface area contributed by atoms with Gasteiger partial charge in [-0.05, 0) is 23.8 Å². The molecule has 0 amide bonds. The van der Waals surface area contributed by atoms with E-state index in [9.17, 15) is 0 Å². The molecule has 1 aromatic carbocycles. The van der Waals surface area contributed by atoms with Gasteiger partial charge in [0.1, 0.15) is 5.75 Å². The molecule has 19 heavy (non-hydrogen) atoms. The number of aromatic nitrogens is 2. The van der Waals surface area contributed by atoms with E-state index in [1.807, 2.05) is 24.3 Å². The lowest BCUT2D eigenvalue weighted by Gasteiger charge is -2.07. The van der Waals surface area contributed by atoms with E-state index in [1.165, 1.54) is 0 Å². The Kier molecular flexibility index (Phi) is 5.28. The van der Waals surface area contributed by atoms with E-state index < -0.39 is 0 Å². The fourth-order valence-electron chi connectivity index (χ4n) is 1.57. The van der Waals surface area contributed by atoms with Gasteiger partial charge in [-0.3, -0.25) is 0 Å². The van der Waals surface area contributed by atoms with Gasteiger partial charge >= 0.3 is 6.01 Å². The van der Waals surface area contributed by atoms with Crippen molar-refractivity contribution in [1.29, 1.82) is 0 Å². The Labute approximate surface area is 112 Å². The smallest absolute Gasteiger partial charge is 0.321 e. The lowest BCUT2D eigenvalue weighted by Crippen LogP contribution is -2.18. The van der Waals surface area contributed by atoms with Gasteiger partial charge in [-0.1, -0.05) is 12.1 Å². The molecule has 1 N–H and O–H groups in total. The number of nitrogens with one attached hydrogen (secondary N) is 1. The maximum Gasteiger partial charge on any atom is 0.321 e. The predicted molar refractivity (Wildman–Crippen MR) is 72.1 cm³/mol. The standard InChI is InChI=1S/C14H17N3O2/c1-18-9-8-15-11-12-4-2-5-13(10-12)19-14-16-6-3-7-17-14/h2-7,10,15H,8-9,11H2,1H3. The predicted octanol–water partition coefficient (Wildman–Crippen LogP) is 2.00. The summed E-state index contributed by atoms with van der Waals surface area (Å²) >= 11 is 0. The minimum Gasteiger partial charge on any atom is -0.424 e. The first kappa shape index (κ1) is 13.5. The normalized spacial score (nSPS) is 10.4. The highest BCUT2D eigenvalue weighted by Crippen LogP contribution is 2.18. The molecule has 2 aromatic rings. The van der Waals surface area contributed by atoms with E-state index in [2.05, 4.69) is 15.3 Å². The van der Waals surface area contributed by atoms with Gasteiger partial charge in [-0.25, -0.2) is 9.97 Å². The lowest BCUT2D eigenvalue weighted by molar-refractivity contribution is 0.199. The van der Waals surface area contributed by atoms with Gasteiger partial charge < -0.3 is 14.8 Å². The molecule has 0 bridgehead atoms. The Morgan fingerprint density at radius 1 is 1.16 bits per heavy atom. The molecule has 5 heteroatoms. The molecule has 0 atom stereocenters. The molecule has 0 saturated carbocycles. The first-order valence-electron chi connectivity index (χ1n) is 6.12. The summed E-state index contributed by atoms with van der Waals surface area (Å²) in [5.74, 6) is 0.734. The monoisotopic (exact) mass is 259 g/mol. The Balaban J connectivity index is 1.91. The van der Waals surface area contributed by atoms with Crippen LogP contribution in [0.15, 0.2) is 42.7 Å². The fraction of sp³-hybridized carbons (Fsp3) is 0.286. The van der Waals surface area contributed by atoms with Crippen molar-refractivity contribution in [3.8, 4) is 11.8 Å². The minimum absolute atomic E-state index is 0.354. The maximum absolute atomic E-state index is 5.57. The fourth-order valence-corrected chi connectivity index (χ4v) is 1.57. The van der Waals surface area contributed by atoms with Crippen LogP contribution in [0.5, 0.6) is 11.8 Å². The Hall–Kier alpha value is -1.98. The maximum atomic E-state index is 5.57. The van der Waals surface area contributed by atoms with Gasteiger partial charge in [0.05, 0.1) is 6.61 Å². The van der Waals surface area contributed by atoms with E-state index in [-0.39, 0.29) is 0 Å². The van der Waals surface area contributed by atoms with Crippen LogP contribution in [0.3, 0.4) is 0 Å². The van der Waals surface area contributed by atoms with Crippen LogP contribution in [0.4, 0.5) is 0 Å². The first-order chi connectivity index (χ1) is 9.38. The van der Waals surface area contributed by atoms with Gasteiger partial charge in [0.15, 0.2) is 0 Å². The van der Waals surface area contributed by atoms with Gasteiger partial charge in [0, 0.05) is 32.6 Å². The molecule has 0 aliphatic rings. The van der Waals surface area contributed by atoms with Crippen LogP contribution in [-0.4, -0.2) is 30.2 Å². The summed E-state index contributed by atoms with van der Waals surface area (Å²) in [5, 5.41) is 3.28. The molecule has 0 radical (unpaired) electrons. The molecule has 1 heterocycles. The number of hydrogen-bond acceptors (Lipinski definition) is 5. The Morgan fingerprint density at radius 2 is 2.00 bits per heavy atom. The summed E-state index contributed by atoms with van der Waals surface area (Å²) in [6, 6.07) is 9.95. The molecule has 2 rings (SSSR count). The van der Waals surface area contributed by atoms with Crippen LogP contribution < -0.4 is 10.1 Å². The summed E-state index contributed by atoms with van der Waals surface area (Å²) in [6.07, 6.45) is 3.30. The van der Waals surface area contributed by atoms with Crippen LogP contribution >= 0.6 is 0 Å². The van der Waals surface area contributed by atoms with Crippen molar-refractivity contribution in [2.75, 3.05) is 20.3 Å². The highest BCUT2D eigenvalue weighted by molar-refractivity contribution is 5.30. The molecule has 0 unspecified atom stereocenters. The Morgan fingerprint density at radius 3 is 2.79 bits per heavy atom. The van der Waals surface area contributed by atoms with Crippen molar-refractivity contribution in [1.82, 2.24) is 15.3 Å². The largest absolute Gasteiger partial charge is 0.424 e. The number of methoxy groups -OCH3 is 1. The molecule has 0 aliphatic heterocycles. The van der Waals surface area contributed by atoms with Gasteiger partial charge in [-0.2, -0.15) is 0 Å². The summed E-state index contributed by atoms with van der Waals surface area (Å²) < 4.78 is 10.6. The van der Waals surface area contributed by atoms with Crippen LogP contribution in [0.1, 0.15) is 5.56 Å². The molecule has 0 fully saturated rings. The number of nitrogens with zero attached hydrogens (tertiary/aromatic N) is 2. The summed E-state index contributed by atoms with van der Waals surface area (Å²) in [7, 11) is 1.69.